The molecule has 7 nitrogen and oxygen atoms in total. The van der Waals surface area contributed by atoms with E-state index in [1.165, 1.54) is 23.9 Å². The van der Waals surface area contributed by atoms with Crippen molar-refractivity contribution >= 4 is 22.7 Å². The van der Waals surface area contributed by atoms with Crippen LogP contribution in [0.3, 0.4) is 0 Å². The fourth-order valence-corrected chi connectivity index (χ4v) is 4.48. The van der Waals surface area contributed by atoms with E-state index in [1.54, 1.807) is 0 Å². The zero-order valence-electron chi connectivity index (χ0n) is 18.0. The van der Waals surface area contributed by atoms with Gasteiger partial charge in [-0.3, -0.25) is 4.90 Å². The number of rotatable bonds is 6. The van der Waals surface area contributed by atoms with Crippen molar-refractivity contribution in [3.05, 3.63) is 65.8 Å². The van der Waals surface area contributed by atoms with Gasteiger partial charge in [-0.15, -0.1) is 0 Å². The molecule has 0 aliphatic carbocycles. The van der Waals surface area contributed by atoms with Crippen LogP contribution in [-0.2, 0) is 23.2 Å². The molecular weight excluding hydrogens is 467 g/mol. The summed E-state index contributed by atoms with van der Waals surface area (Å²) in [5.74, 6) is 1.70. The number of halogens is 3. The van der Waals surface area contributed by atoms with Crippen molar-refractivity contribution in [2.24, 2.45) is 0 Å². The molecule has 176 valence electrons. The van der Waals surface area contributed by atoms with Crippen LogP contribution in [0.5, 0.6) is 0 Å². The van der Waals surface area contributed by atoms with Crippen LogP contribution in [0.2, 0.25) is 0 Å². The molecule has 0 N–H and O–H groups in total. The van der Waals surface area contributed by atoms with Crippen molar-refractivity contribution in [2.45, 2.75) is 23.5 Å². The van der Waals surface area contributed by atoms with E-state index in [1.807, 2.05) is 24.3 Å². The highest BCUT2D eigenvalue weighted by atomic mass is 32.2. The average Bonchev–Trinajstić information content (AvgIpc) is 3.32. The number of para-hydroxylation sites is 1. The van der Waals surface area contributed by atoms with E-state index in [0.29, 0.717) is 37.0 Å². The third kappa shape index (κ3) is 5.21. The summed E-state index contributed by atoms with van der Waals surface area (Å²) >= 11 is 1.45. The highest BCUT2D eigenvalue weighted by Crippen LogP contribution is 2.31. The van der Waals surface area contributed by atoms with Gasteiger partial charge in [0.05, 0.1) is 36.6 Å². The van der Waals surface area contributed by atoms with E-state index in [2.05, 4.69) is 15.0 Å². The van der Waals surface area contributed by atoms with Crippen molar-refractivity contribution in [3.8, 4) is 11.4 Å². The summed E-state index contributed by atoms with van der Waals surface area (Å²) in [5.41, 5.74) is 0.589. The van der Waals surface area contributed by atoms with Crippen LogP contribution in [0.1, 0.15) is 17.3 Å². The molecule has 1 aliphatic rings. The van der Waals surface area contributed by atoms with Gasteiger partial charge in [0.25, 0.3) is 0 Å². The van der Waals surface area contributed by atoms with Crippen molar-refractivity contribution in [1.82, 2.24) is 25.0 Å². The normalized spacial score (nSPS) is 15.1. The van der Waals surface area contributed by atoms with Crippen LogP contribution in [0, 0.1) is 0 Å². The van der Waals surface area contributed by atoms with Crippen LogP contribution in [-0.4, -0.2) is 51.3 Å². The maximum atomic E-state index is 12.8. The molecule has 2 aromatic carbocycles. The van der Waals surface area contributed by atoms with Crippen molar-refractivity contribution in [3.63, 3.8) is 0 Å². The molecule has 0 spiro atoms. The minimum absolute atomic E-state index is 0.241. The van der Waals surface area contributed by atoms with Crippen LogP contribution in [0.15, 0.2) is 58.1 Å². The van der Waals surface area contributed by atoms with Gasteiger partial charge < -0.3 is 9.26 Å². The average molecular weight is 488 g/mol. The summed E-state index contributed by atoms with van der Waals surface area (Å²) < 4.78 is 49.1. The molecule has 34 heavy (non-hydrogen) atoms. The molecule has 3 heterocycles. The Morgan fingerprint density at radius 3 is 2.47 bits per heavy atom. The molecule has 4 aromatic rings. The number of fused-ring (bicyclic) bond motifs is 1. The minimum atomic E-state index is -4.39. The number of nitrogens with zero attached hydrogens (tertiary/aromatic N) is 5. The minimum Gasteiger partial charge on any atom is -0.379 e. The Labute approximate surface area is 197 Å². The van der Waals surface area contributed by atoms with E-state index in [4.69, 9.17) is 19.2 Å². The SMILES string of the molecule is FC(F)(F)c1ccc(-c2noc(CSc3nc(CN4CCOCC4)nc4ccccc34)n2)cc1. The number of ether oxygens (including phenoxy) is 1. The Balaban J connectivity index is 1.32. The van der Waals surface area contributed by atoms with Gasteiger partial charge in [-0.25, -0.2) is 9.97 Å². The molecule has 1 saturated heterocycles. The summed E-state index contributed by atoms with van der Waals surface area (Å²) in [5, 5.41) is 5.66. The van der Waals surface area contributed by atoms with E-state index in [0.717, 1.165) is 47.0 Å². The summed E-state index contributed by atoms with van der Waals surface area (Å²) in [6, 6.07) is 12.5. The Bertz CT molecular complexity index is 1270. The molecule has 0 saturated carbocycles. The quantitative estimate of drug-likeness (QED) is 0.283. The molecule has 11 heteroatoms. The first-order valence-corrected chi connectivity index (χ1v) is 11.6. The predicted molar refractivity (Wildman–Crippen MR) is 120 cm³/mol. The molecule has 0 amide bonds. The zero-order valence-corrected chi connectivity index (χ0v) is 18.8. The smallest absolute Gasteiger partial charge is 0.379 e. The number of morpholine rings is 1. The van der Waals surface area contributed by atoms with Gasteiger partial charge in [-0.05, 0) is 18.2 Å². The Hall–Kier alpha value is -3.02. The largest absolute Gasteiger partial charge is 0.416 e. The molecule has 0 bridgehead atoms. The van der Waals surface area contributed by atoms with E-state index in [9.17, 15) is 13.2 Å². The third-order valence-electron chi connectivity index (χ3n) is 5.35. The summed E-state index contributed by atoms with van der Waals surface area (Å²) in [6.07, 6.45) is -4.39. The van der Waals surface area contributed by atoms with Gasteiger partial charge in [0.1, 0.15) is 10.9 Å². The Kier molecular flexibility index (Phi) is 6.48. The summed E-state index contributed by atoms with van der Waals surface area (Å²) in [7, 11) is 0. The van der Waals surface area contributed by atoms with Crippen LogP contribution < -0.4 is 0 Å². The third-order valence-corrected chi connectivity index (χ3v) is 6.33. The molecule has 2 aromatic heterocycles. The van der Waals surface area contributed by atoms with E-state index in [-0.39, 0.29) is 5.82 Å². The Morgan fingerprint density at radius 2 is 1.71 bits per heavy atom. The van der Waals surface area contributed by atoms with Gasteiger partial charge in [0.15, 0.2) is 0 Å². The van der Waals surface area contributed by atoms with Crippen LogP contribution >= 0.6 is 11.8 Å². The highest BCUT2D eigenvalue weighted by molar-refractivity contribution is 7.98. The number of aromatic nitrogens is 4. The number of alkyl halides is 3. The van der Waals surface area contributed by atoms with E-state index < -0.39 is 11.7 Å². The first-order chi connectivity index (χ1) is 16.5. The fourth-order valence-electron chi connectivity index (χ4n) is 3.60. The predicted octanol–water partition coefficient (Wildman–Crippen LogP) is 4.82. The highest BCUT2D eigenvalue weighted by Gasteiger charge is 2.30. The van der Waals surface area contributed by atoms with Gasteiger partial charge in [-0.2, -0.15) is 18.2 Å². The van der Waals surface area contributed by atoms with Gasteiger partial charge in [-0.1, -0.05) is 47.3 Å². The summed E-state index contributed by atoms with van der Waals surface area (Å²) in [6.45, 7) is 3.72. The maximum Gasteiger partial charge on any atom is 0.416 e. The lowest BCUT2D eigenvalue weighted by molar-refractivity contribution is -0.137. The number of benzene rings is 2. The number of thioether (sulfide) groups is 1. The van der Waals surface area contributed by atoms with Crippen LogP contribution in [0.25, 0.3) is 22.3 Å². The van der Waals surface area contributed by atoms with Crippen molar-refractivity contribution in [2.75, 3.05) is 26.3 Å². The number of hydrogen-bond acceptors (Lipinski definition) is 8. The lowest BCUT2D eigenvalue weighted by Gasteiger charge is -2.25. The molecule has 0 unspecified atom stereocenters. The van der Waals surface area contributed by atoms with Gasteiger partial charge in [0.2, 0.25) is 11.7 Å². The topological polar surface area (TPSA) is 77.2 Å². The second kappa shape index (κ2) is 9.69. The van der Waals surface area contributed by atoms with Crippen molar-refractivity contribution < 1.29 is 22.4 Å². The molecule has 5 rings (SSSR count). The second-order valence-electron chi connectivity index (χ2n) is 7.73. The fraction of sp³-hybridized carbons (Fsp3) is 0.304. The van der Waals surface area contributed by atoms with Gasteiger partial charge in [0, 0.05) is 24.0 Å². The molecular formula is C23H20F3N5O2S. The van der Waals surface area contributed by atoms with Crippen LogP contribution in [0.4, 0.5) is 13.2 Å². The molecule has 1 aliphatic heterocycles. The second-order valence-corrected chi connectivity index (χ2v) is 8.69. The van der Waals surface area contributed by atoms with Gasteiger partial charge >= 0.3 is 6.18 Å². The summed E-state index contributed by atoms with van der Waals surface area (Å²) in [4.78, 5) is 16.1. The standard InChI is InChI=1S/C23H20F3N5O2S/c24-23(25,26)16-7-5-15(6-8-16)21-29-20(33-30-21)14-34-22-17-3-1-2-4-18(17)27-19(28-22)13-31-9-11-32-12-10-31/h1-8H,9-14H2. The lowest BCUT2D eigenvalue weighted by Crippen LogP contribution is -2.36. The molecule has 1 fully saturated rings. The first-order valence-electron chi connectivity index (χ1n) is 10.6. The Morgan fingerprint density at radius 1 is 0.941 bits per heavy atom. The first kappa shape index (κ1) is 22.8. The number of hydrogen-bond donors (Lipinski definition) is 0. The lowest BCUT2D eigenvalue weighted by atomic mass is 10.1. The zero-order chi connectivity index (χ0) is 23.5. The monoisotopic (exact) mass is 487 g/mol. The van der Waals surface area contributed by atoms with Crippen molar-refractivity contribution in [1.29, 1.82) is 0 Å². The molecule has 0 atom stereocenters. The van der Waals surface area contributed by atoms with E-state index >= 15 is 0 Å². The maximum absolute atomic E-state index is 12.8. The molecule has 0 radical (unpaired) electrons.